The van der Waals surface area contributed by atoms with Crippen LogP contribution >= 0.6 is 0 Å². The predicted molar refractivity (Wildman–Crippen MR) is 56.2 cm³/mol. The topological polar surface area (TPSA) is 18.5 Å². The van der Waals surface area contributed by atoms with Gasteiger partial charge in [-0.15, -0.1) is 0 Å². The molecule has 1 atom stereocenters. The van der Waals surface area contributed by atoms with Gasteiger partial charge in [0.15, 0.2) is 11.5 Å². The molecule has 0 N–H and O–H groups in total. The lowest BCUT2D eigenvalue weighted by Gasteiger charge is -2.24. The molecule has 0 amide bonds. The lowest BCUT2D eigenvalue weighted by Crippen LogP contribution is -2.25. The summed E-state index contributed by atoms with van der Waals surface area (Å²) in [7, 11) is 0. The van der Waals surface area contributed by atoms with Crippen LogP contribution in [-0.4, -0.2) is 13.0 Å². The molecule has 0 fully saturated rings. The van der Waals surface area contributed by atoms with Crippen LogP contribution in [0.2, 0.25) is 0 Å². The number of hydrogen-bond donors (Lipinski definition) is 0. The van der Waals surface area contributed by atoms with Gasteiger partial charge in [-0.25, -0.2) is 0 Å². The molecule has 0 aliphatic carbocycles. The van der Waals surface area contributed by atoms with Gasteiger partial charge >= 0.3 is 6.18 Å². The molecule has 0 spiro atoms. The largest absolute Gasteiger partial charge is 0.454 e. The second-order valence-corrected chi connectivity index (χ2v) is 4.38. The maximum absolute atomic E-state index is 12.9. The van der Waals surface area contributed by atoms with Crippen LogP contribution in [0.3, 0.4) is 0 Å². The van der Waals surface area contributed by atoms with E-state index in [-0.39, 0.29) is 12.4 Å². The molecule has 0 unspecified atom stereocenters. The third-order valence-corrected chi connectivity index (χ3v) is 2.78. The van der Waals surface area contributed by atoms with Crippen molar-refractivity contribution >= 4 is 0 Å². The van der Waals surface area contributed by atoms with E-state index in [1.807, 2.05) is 0 Å². The highest BCUT2D eigenvalue weighted by molar-refractivity contribution is 5.45. The molecule has 5 heteroatoms. The van der Waals surface area contributed by atoms with E-state index in [1.165, 1.54) is 18.2 Å². The van der Waals surface area contributed by atoms with Gasteiger partial charge in [0.1, 0.15) is 0 Å². The standard InChI is InChI=1S/C12H13F3O2/c1-7(2)11(12(13,14)15)8-3-4-9-10(5-8)17-6-16-9/h3-5,7,11H,6H2,1-2H3/t11-/m0/s1. The zero-order chi connectivity index (χ0) is 12.6. The summed E-state index contributed by atoms with van der Waals surface area (Å²) in [5, 5.41) is 0. The third kappa shape index (κ3) is 2.33. The minimum Gasteiger partial charge on any atom is -0.454 e. The molecule has 0 bridgehead atoms. The summed E-state index contributed by atoms with van der Waals surface area (Å²) in [5.41, 5.74) is 0.219. The second kappa shape index (κ2) is 4.13. The fourth-order valence-corrected chi connectivity index (χ4v) is 2.06. The SMILES string of the molecule is CC(C)[C@@H](c1ccc2c(c1)OCO2)C(F)(F)F. The van der Waals surface area contributed by atoms with Crippen molar-refractivity contribution in [2.45, 2.75) is 25.9 Å². The Hall–Kier alpha value is -1.39. The normalized spacial score (nSPS) is 16.4. The second-order valence-electron chi connectivity index (χ2n) is 4.38. The fourth-order valence-electron chi connectivity index (χ4n) is 2.06. The summed E-state index contributed by atoms with van der Waals surface area (Å²) < 4.78 is 49.0. The number of rotatable bonds is 2. The summed E-state index contributed by atoms with van der Waals surface area (Å²) in [6.07, 6.45) is -4.25. The first-order chi connectivity index (χ1) is 7.89. The molecule has 94 valence electrons. The molecule has 1 heterocycles. The van der Waals surface area contributed by atoms with E-state index in [2.05, 4.69) is 0 Å². The van der Waals surface area contributed by atoms with Crippen molar-refractivity contribution in [3.8, 4) is 11.5 Å². The Morgan fingerprint density at radius 2 is 1.76 bits per heavy atom. The van der Waals surface area contributed by atoms with Crippen molar-refractivity contribution in [1.82, 2.24) is 0 Å². The van der Waals surface area contributed by atoms with Crippen LogP contribution in [0.25, 0.3) is 0 Å². The number of alkyl halides is 3. The van der Waals surface area contributed by atoms with Gasteiger partial charge in [-0.05, 0) is 23.6 Å². The molecule has 1 aromatic rings. The van der Waals surface area contributed by atoms with E-state index in [0.29, 0.717) is 11.5 Å². The number of benzene rings is 1. The van der Waals surface area contributed by atoms with Crippen molar-refractivity contribution in [1.29, 1.82) is 0 Å². The third-order valence-electron chi connectivity index (χ3n) is 2.78. The first kappa shape index (κ1) is 12.1. The summed E-state index contributed by atoms with van der Waals surface area (Å²) in [6, 6.07) is 4.39. The number of halogens is 3. The van der Waals surface area contributed by atoms with Gasteiger partial charge < -0.3 is 9.47 Å². The molecule has 0 saturated heterocycles. The Bertz CT molecular complexity index is 413. The van der Waals surface area contributed by atoms with Gasteiger partial charge in [0.25, 0.3) is 0 Å². The minimum atomic E-state index is -4.25. The van der Waals surface area contributed by atoms with E-state index >= 15 is 0 Å². The molecule has 1 aliphatic heterocycles. The van der Waals surface area contributed by atoms with Gasteiger partial charge in [0.2, 0.25) is 6.79 Å². The summed E-state index contributed by atoms with van der Waals surface area (Å²) in [5.74, 6) is -1.11. The van der Waals surface area contributed by atoms with Crippen LogP contribution in [0.15, 0.2) is 18.2 Å². The van der Waals surface area contributed by atoms with Gasteiger partial charge in [0, 0.05) is 0 Å². The zero-order valence-electron chi connectivity index (χ0n) is 9.54. The Balaban J connectivity index is 2.37. The van der Waals surface area contributed by atoms with Crippen LogP contribution < -0.4 is 9.47 Å². The summed E-state index contributed by atoms with van der Waals surface area (Å²) in [4.78, 5) is 0. The number of ether oxygens (including phenoxy) is 2. The summed E-state index contributed by atoms with van der Waals surface area (Å²) >= 11 is 0. The van der Waals surface area contributed by atoms with Crippen LogP contribution in [0.5, 0.6) is 11.5 Å². The van der Waals surface area contributed by atoms with Gasteiger partial charge in [0.05, 0.1) is 5.92 Å². The van der Waals surface area contributed by atoms with Crippen LogP contribution in [0.4, 0.5) is 13.2 Å². The maximum Gasteiger partial charge on any atom is 0.395 e. The molecule has 0 saturated carbocycles. The van der Waals surface area contributed by atoms with Gasteiger partial charge in [-0.3, -0.25) is 0 Å². The highest BCUT2D eigenvalue weighted by Crippen LogP contribution is 2.43. The molecular formula is C12H13F3O2. The van der Waals surface area contributed by atoms with Crippen molar-refractivity contribution in [3.05, 3.63) is 23.8 Å². The highest BCUT2D eigenvalue weighted by Gasteiger charge is 2.43. The van der Waals surface area contributed by atoms with Crippen molar-refractivity contribution in [2.75, 3.05) is 6.79 Å². The van der Waals surface area contributed by atoms with Crippen LogP contribution in [0, 0.1) is 5.92 Å². The van der Waals surface area contributed by atoms with Crippen LogP contribution in [-0.2, 0) is 0 Å². The molecule has 17 heavy (non-hydrogen) atoms. The molecule has 2 rings (SSSR count). The van der Waals surface area contributed by atoms with Gasteiger partial charge in [-0.1, -0.05) is 19.9 Å². The zero-order valence-corrected chi connectivity index (χ0v) is 9.54. The average molecular weight is 246 g/mol. The fraction of sp³-hybridized carbons (Fsp3) is 0.500. The van der Waals surface area contributed by atoms with E-state index in [9.17, 15) is 13.2 Å². The molecular weight excluding hydrogens is 233 g/mol. The van der Waals surface area contributed by atoms with Gasteiger partial charge in [-0.2, -0.15) is 13.2 Å². The van der Waals surface area contributed by atoms with E-state index in [4.69, 9.17) is 9.47 Å². The minimum absolute atomic E-state index is 0.0666. The Kier molecular flexibility index (Phi) is 2.93. The first-order valence-corrected chi connectivity index (χ1v) is 5.36. The van der Waals surface area contributed by atoms with E-state index in [0.717, 1.165) is 0 Å². The first-order valence-electron chi connectivity index (χ1n) is 5.36. The smallest absolute Gasteiger partial charge is 0.395 e. The van der Waals surface area contributed by atoms with Crippen molar-refractivity contribution < 1.29 is 22.6 Å². The highest BCUT2D eigenvalue weighted by atomic mass is 19.4. The Labute approximate surface area is 97.3 Å². The van der Waals surface area contributed by atoms with Crippen LogP contribution in [0.1, 0.15) is 25.3 Å². The summed E-state index contributed by atoms with van der Waals surface area (Å²) in [6.45, 7) is 3.18. The molecule has 1 aromatic carbocycles. The lowest BCUT2D eigenvalue weighted by molar-refractivity contribution is -0.159. The average Bonchev–Trinajstić information content (AvgIpc) is 2.61. The van der Waals surface area contributed by atoms with Crippen molar-refractivity contribution in [3.63, 3.8) is 0 Å². The Morgan fingerprint density at radius 1 is 1.12 bits per heavy atom. The lowest BCUT2D eigenvalue weighted by atomic mass is 9.88. The van der Waals surface area contributed by atoms with Crippen molar-refractivity contribution in [2.24, 2.45) is 5.92 Å². The van der Waals surface area contributed by atoms with E-state index in [1.54, 1.807) is 13.8 Å². The molecule has 0 radical (unpaired) electrons. The number of fused-ring (bicyclic) bond motifs is 1. The monoisotopic (exact) mass is 246 g/mol. The predicted octanol–water partition coefficient (Wildman–Crippen LogP) is 3.72. The molecule has 1 aliphatic rings. The Morgan fingerprint density at radius 3 is 2.35 bits per heavy atom. The molecule has 0 aromatic heterocycles. The van der Waals surface area contributed by atoms with E-state index < -0.39 is 18.0 Å². The maximum atomic E-state index is 12.9. The quantitative estimate of drug-likeness (QED) is 0.791. The molecule has 2 nitrogen and oxygen atoms in total. The number of hydrogen-bond acceptors (Lipinski definition) is 2.